The second kappa shape index (κ2) is 10.9. The van der Waals surface area contributed by atoms with Gasteiger partial charge in [0.05, 0.1) is 10.0 Å². The quantitative estimate of drug-likeness (QED) is 0.445. The highest BCUT2D eigenvalue weighted by Crippen LogP contribution is 2.37. The van der Waals surface area contributed by atoms with E-state index in [0.29, 0.717) is 16.6 Å². The first-order valence-corrected chi connectivity index (χ1v) is 15.1. The van der Waals surface area contributed by atoms with Gasteiger partial charge in [-0.25, -0.2) is 0 Å². The van der Waals surface area contributed by atoms with Gasteiger partial charge < -0.3 is 19.2 Å². The first kappa shape index (κ1) is 26.2. The van der Waals surface area contributed by atoms with Crippen LogP contribution in [0.4, 0.5) is 5.69 Å². The van der Waals surface area contributed by atoms with E-state index < -0.39 is 14.4 Å². The van der Waals surface area contributed by atoms with Gasteiger partial charge in [-0.1, -0.05) is 44.0 Å². The van der Waals surface area contributed by atoms with Crippen LogP contribution in [0.15, 0.2) is 42.5 Å². The summed E-state index contributed by atoms with van der Waals surface area (Å²) >= 11 is 12.2. The third-order valence-corrected chi connectivity index (χ3v) is 11.7. The van der Waals surface area contributed by atoms with Crippen molar-refractivity contribution in [2.45, 2.75) is 45.0 Å². The van der Waals surface area contributed by atoms with Crippen LogP contribution in [0.3, 0.4) is 0 Å². The molecule has 0 bridgehead atoms. The SMILES string of the molecule is CC(C)(C)[Si](C)(C)Oc1ccc(OC[C@@H](O)CN2CCN(c3ccc(Cl)c(Cl)c3)CC2)cc1. The molecule has 1 aliphatic rings. The van der Waals surface area contributed by atoms with Crippen LogP contribution in [0, 0.1) is 0 Å². The van der Waals surface area contributed by atoms with Crippen LogP contribution in [0.5, 0.6) is 11.5 Å². The van der Waals surface area contributed by atoms with Crippen molar-refractivity contribution in [1.82, 2.24) is 4.90 Å². The first-order chi connectivity index (χ1) is 15.4. The molecule has 1 N–H and O–H groups in total. The Morgan fingerprint density at radius 3 is 2.12 bits per heavy atom. The molecule has 2 aromatic carbocycles. The molecule has 0 spiro atoms. The van der Waals surface area contributed by atoms with E-state index in [9.17, 15) is 5.11 Å². The zero-order valence-electron chi connectivity index (χ0n) is 20.3. The van der Waals surface area contributed by atoms with Crippen LogP contribution in [-0.4, -0.2) is 63.8 Å². The van der Waals surface area contributed by atoms with Gasteiger partial charge in [0.2, 0.25) is 8.32 Å². The van der Waals surface area contributed by atoms with Crippen molar-refractivity contribution in [3.8, 4) is 11.5 Å². The molecule has 2 aromatic rings. The van der Waals surface area contributed by atoms with Gasteiger partial charge in [-0.05, 0) is 60.6 Å². The van der Waals surface area contributed by atoms with Gasteiger partial charge in [0.25, 0.3) is 0 Å². The van der Waals surface area contributed by atoms with Gasteiger partial charge in [-0.2, -0.15) is 0 Å². The molecule has 0 radical (unpaired) electrons. The third kappa shape index (κ3) is 7.27. The van der Waals surface area contributed by atoms with E-state index in [2.05, 4.69) is 43.7 Å². The minimum atomic E-state index is -1.86. The van der Waals surface area contributed by atoms with E-state index in [1.807, 2.05) is 42.5 Å². The summed E-state index contributed by atoms with van der Waals surface area (Å²) in [5.74, 6) is 1.61. The molecule has 1 aliphatic heterocycles. The summed E-state index contributed by atoms with van der Waals surface area (Å²) in [4.78, 5) is 4.55. The van der Waals surface area contributed by atoms with Crippen molar-refractivity contribution in [2.75, 3.05) is 44.2 Å². The van der Waals surface area contributed by atoms with E-state index in [1.54, 1.807) is 0 Å². The lowest BCUT2D eigenvalue weighted by atomic mass is 10.2. The number of nitrogens with zero attached hydrogens (tertiary/aromatic N) is 2. The van der Waals surface area contributed by atoms with E-state index >= 15 is 0 Å². The number of ether oxygens (including phenoxy) is 1. The maximum Gasteiger partial charge on any atom is 0.250 e. The Labute approximate surface area is 209 Å². The molecule has 1 fully saturated rings. The Morgan fingerprint density at radius 2 is 1.55 bits per heavy atom. The molecule has 0 aromatic heterocycles. The van der Waals surface area contributed by atoms with Crippen LogP contribution in [0.1, 0.15) is 20.8 Å². The molecule has 3 rings (SSSR count). The molecule has 1 heterocycles. The van der Waals surface area contributed by atoms with Gasteiger partial charge in [0, 0.05) is 38.4 Å². The molecule has 1 atom stereocenters. The van der Waals surface area contributed by atoms with Crippen molar-refractivity contribution in [3.05, 3.63) is 52.5 Å². The van der Waals surface area contributed by atoms with Gasteiger partial charge in [-0.15, -0.1) is 0 Å². The monoisotopic (exact) mass is 510 g/mol. The van der Waals surface area contributed by atoms with Crippen LogP contribution in [0.2, 0.25) is 28.2 Å². The van der Waals surface area contributed by atoms with Crippen LogP contribution in [-0.2, 0) is 0 Å². The highest BCUT2D eigenvalue weighted by atomic mass is 35.5. The number of β-amino-alcohol motifs (C(OH)–C–C–N with tert-alkyl or cyclic N) is 1. The molecule has 182 valence electrons. The van der Waals surface area contributed by atoms with Crippen molar-refractivity contribution >= 4 is 37.2 Å². The van der Waals surface area contributed by atoms with E-state index in [4.69, 9.17) is 32.4 Å². The Bertz CT molecular complexity index is 911. The summed E-state index contributed by atoms with van der Waals surface area (Å²) in [5.41, 5.74) is 1.08. The molecular weight excluding hydrogens is 475 g/mol. The first-order valence-electron chi connectivity index (χ1n) is 11.5. The fourth-order valence-corrected chi connectivity index (χ4v) is 4.79. The zero-order chi connectivity index (χ0) is 24.2. The van der Waals surface area contributed by atoms with Crippen LogP contribution >= 0.6 is 23.2 Å². The van der Waals surface area contributed by atoms with Gasteiger partial charge >= 0.3 is 0 Å². The third-order valence-electron chi connectivity index (χ3n) is 6.55. The standard InChI is InChI=1S/C25H36Cl2N2O3Si/c1-25(2,3)33(4,5)32-22-9-7-21(8-10-22)31-18-20(30)17-28-12-14-29(15-13-28)19-6-11-23(26)24(27)16-19/h6-11,16,20,30H,12-15,17-18H2,1-5H3/t20-/m0/s1. The Hall–Kier alpha value is -1.44. The van der Waals surface area contributed by atoms with Gasteiger partial charge in [0.1, 0.15) is 24.2 Å². The number of aliphatic hydroxyl groups is 1. The average molecular weight is 512 g/mol. The highest BCUT2D eigenvalue weighted by Gasteiger charge is 2.38. The lowest BCUT2D eigenvalue weighted by Crippen LogP contribution is -2.49. The molecule has 5 nitrogen and oxygen atoms in total. The number of halogens is 2. The smallest absolute Gasteiger partial charge is 0.250 e. The molecule has 0 unspecified atom stereocenters. The summed E-state index contributed by atoms with van der Waals surface area (Å²) in [6.45, 7) is 15.5. The largest absolute Gasteiger partial charge is 0.543 e. The summed E-state index contributed by atoms with van der Waals surface area (Å²) in [5, 5.41) is 11.8. The molecular formula is C25H36Cl2N2O3Si. The van der Waals surface area contributed by atoms with E-state index in [1.165, 1.54) is 0 Å². The molecule has 0 aliphatic carbocycles. The maximum absolute atomic E-state index is 10.5. The summed E-state index contributed by atoms with van der Waals surface area (Å²) < 4.78 is 12.1. The number of rotatable bonds is 8. The average Bonchev–Trinajstić information content (AvgIpc) is 2.75. The highest BCUT2D eigenvalue weighted by molar-refractivity contribution is 6.74. The van der Waals surface area contributed by atoms with Crippen LogP contribution in [0.25, 0.3) is 0 Å². The normalized spacial score (nSPS) is 16.5. The van der Waals surface area contributed by atoms with Crippen molar-refractivity contribution in [1.29, 1.82) is 0 Å². The lowest BCUT2D eigenvalue weighted by Gasteiger charge is -2.37. The van der Waals surface area contributed by atoms with Crippen molar-refractivity contribution < 1.29 is 14.3 Å². The minimum Gasteiger partial charge on any atom is -0.543 e. The fourth-order valence-electron chi connectivity index (χ4n) is 3.47. The van der Waals surface area contributed by atoms with Crippen molar-refractivity contribution in [2.24, 2.45) is 0 Å². The zero-order valence-corrected chi connectivity index (χ0v) is 22.8. The van der Waals surface area contributed by atoms with Gasteiger partial charge in [-0.3, -0.25) is 4.90 Å². The fraction of sp³-hybridized carbons (Fsp3) is 0.520. The number of benzene rings is 2. The lowest BCUT2D eigenvalue weighted by molar-refractivity contribution is 0.0663. The number of aliphatic hydroxyl groups excluding tert-OH is 1. The number of hydrogen-bond acceptors (Lipinski definition) is 5. The number of hydrogen-bond donors (Lipinski definition) is 1. The predicted molar refractivity (Wildman–Crippen MR) is 141 cm³/mol. The molecule has 8 heteroatoms. The van der Waals surface area contributed by atoms with Crippen molar-refractivity contribution in [3.63, 3.8) is 0 Å². The van der Waals surface area contributed by atoms with E-state index in [0.717, 1.165) is 43.4 Å². The summed E-state index contributed by atoms with van der Waals surface area (Å²) in [6, 6.07) is 13.4. The second-order valence-electron chi connectivity index (χ2n) is 10.2. The van der Waals surface area contributed by atoms with E-state index in [-0.39, 0.29) is 11.6 Å². The molecule has 0 saturated carbocycles. The number of anilines is 1. The minimum absolute atomic E-state index is 0.152. The Morgan fingerprint density at radius 1 is 0.939 bits per heavy atom. The van der Waals surface area contributed by atoms with Crippen LogP contribution < -0.4 is 14.1 Å². The molecule has 33 heavy (non-hydrogen) atoms. The predicted octanol–water partition coefficient (Wildman–Crippen LogP) is 5.94. The Balaban J connectivity index is 1.42. The maximum atomic E-state index is 10.5. The summed E-state index contributed by atoms with van der Waals surface area (Å²) in [7, 11) is -1.86. The Kier molecular flexibility index (Phi) is 8.62. The molecule has 1 saturated heterocycles. The summed E-state index contributed by atoms with van der Waals surface area (Å²) in [6.07, 6.45) is -0.551. The van der Waals surface area contributed by atoms with Gasteiger partial charge in [0.15, 0.2) is 0 Å². The topological polar surface area (TPSA) is 45.2 Å². The number of piperazine rings is 1. The molecule has 0 amide bonds. The second-order valence-corrected chi connectivity index (χ2v) is 15.7.